The largest absolute Gasteiger partial charge is 0.457 e. The van der Waals surface area contributed by atoms with E-state index in [2.05, 4.69) is 10.2 Å². The summed E-state index contributed by atoms with van der Waals surface area (Å²) in [4.78, 5) is 29.5. The lowest BCUT2D eigenvalue weighted by atomic mass is 10.2. The van der Waals surface area contributed by atoms with Crippen molar-refractivity contribution in [1.29, 1.82) is 0 Å². The van der Waals surface area contributed by atoms with E-state index in [1.807, 2.05) is 53.4 Å². The van der Waals surface area contributed by atoms with Crippen molar-refractivity contribution in [2.24, 2.45) is 0 Å². The summed E-state index contributed by atoms with van der Waals surface area (Å²) in [5.41, 5.74) is 3.06. The van der Waals surface area contributed by atoms with Gasteiger partial charge < -0.3 is 19.5 Å². The summed E-state index contributed by atoms with van der Waals surface area (Å²) >= 11 is 18.7. The molecule has 4 aromatic rings. The van der Waals surface area contributed by atoms with Crippen LogP contribution in [0.4, 0.5) is 11.4 Å². The smallest absolute Gasteiger partial charge is 0.248 e. The molecule has 1 aliphatic heterocycles. The van der Waals surface area contributed by atoms with Crippen molar-refractivity contribution >= 4 is 70.1 Å². The zero-order chi connectivity index (χ0) is 28.8. The second kappa shape index (κ2) is 13.1. The average molecular weight is 607 g/mol. The van der Waals surface area contributed by atoms with Gasteiger partial charge in [-0.3, -0.25) is 9.59 Å². The molecule has 2 heterocycles. The highest BCUT2D eigenvalue weighted by Crippen LogP contribution is 2.34. The van der Waals surface area contributed by atoms with Gasteiger partial charge in [-0.1, -0.05) is 71.2 Å². The maximum atomic E-state index is 12.8. The van der Waals surface area contributed by atoms with Crippen LogP contribution in [0, 0.1) is 0 Å². The Labute approximate surface area is 253 Å². The maximum absolute atomic E-state index is 12.8. The molecule has 1 aliphatic rings. The van der Waals surface area contributed by atoms with E-state index in [4.69, 9.17) is 39.2 Å². The van der Waals surface area contributed by atoms with E-state index in [-0.39, 0.29) is 11.8 Å². The molecule has 0 atom stereocenters. The molecule has 0 bridgehead atoms. The third-order valence-corrected chi connectivity index (χ3v) is 7.66. The Hall–Kier alpha value is -3.97. The lowest BCUT2D eigenvalue weighted by molar-refractivity contribution is -0.126. The van der Waals surface area contributed by atoms with E-state index < -0.39 is 0 Å². The molecule has 41 heavy (non-hydrogen) atoms. The molecular formula is C32H26Cl3N3O3. The van der Waals surface area contributed by atoms with Crippen LogP contribution in [-0.2, 0) is 9.59 Å². The first kappa shape index (κ1) is 28.6. The summed E-state index contributed by atoms with van der Waals surface area (Å²) in [5, 5.41) is 4.26. The highest BCUT2D eigenvalue weighted by Gasteiger charge is 2.22. The van der Waals surface area contributed by atoms with Crippen LogP contribution < -0.4 is 10.2 Å². The molecule has 0 spiro atoms. The second-order valence-corrected chi connectivity index (χ2v) is 10.6. The summed E-state index contributed by atoms with van der Waals surface area (Å²) in [7, 11) is 0. The van der Waals surface area contributed by atoms with Crippen LogP contribution in [0.2, 0.25) is 15.1 Å². The van der Waals surface area contributed by atoms with Gasteiger partial charge >= 0.3 is 0 Å². The summed E-state index contributed by atoms with van der Waals surface area (Å²) in [6.45, 7) is 2.36. The molecule has 1 saturated heterocycles. The topological polar surface area (TPSA) is 65.8 Å². The Morgan fingerprint density at radius 2 is 1.59 bits per heavy atom. The number of halogens is 3. The summed E-state index contributed by atoms with van der Waals surface area (Å²) < 4.78 is 5.84. The first-order chi connectivity index (χ1) is 19.9. The molecule has 6 nitrogen and oxygen atoms in total. The first-order valence-corrected chi connectivity index (χ1v) is 14.1. The Bertz CT molecular complexity index is 1610. The average Bonchev–Trinajstić information content (AvgIpc) is 3.46. The normalized spacial score (nSPS) is 13.7. The van der Waals surface area contributed by atoms with E-state index in [1.165, 1.54) is 6.08 Å². The fraction of sp³-hybridized carbons (Fsp3) is 0.125. The van der Waals surface area contributed by atoms with Gasteiger partial charge in [0.2, 0.25) is 11.8 Å². The van der Waals surface area contributed by atoms with Gasteiger partial charge in [0.15, 0.2) is 0 Å². The summed E-state index contributed by atoms with van der Waals surface area (Å²) in [5.74, 6) is 0.664. The molecule has 0 saturated carbocycles. The number of anilines is 2. The van der Waals surface area contributed by atoms with Gasteiger partial charge in [-0.2, -0.15) is 0 Å². The predicted octanol–water partition coefficient (Wildman–Crippen LogP) is 7.92. The number of nitrogens with zero attached hydrogens (tertiary/aromatic N) is 2. The molecule has 3 aromatic carbocycles. The Morgan fingerprint density at radius 1 is 0.805 bits per heavy atom. The molecule has 1 N–H and O–H groups in total. The Balaban J connectivity index is 1.21. The van der Waals surface area contributed by atoms with Crippen LogP contribution in [0.25, 0.3) is 23.5 Å². The number of carbonyl (C=O) groups excluding carboxylic acids is 2. The van der Waals surface area contributed by atoms with Crippen molar-refractivity contribution in [2.45, 2.75) is 0 Å². The zero-order valence-electron chi connectivity index (χ0n) is 21.9. The number of piperazine rings is 1. The number of amides is 2. The van der Waals surface area contributed by atoms with Gasteiger partial charge in [0.1, 0.15) is 11.5 Å². The van der Waals surface area contributed by atoms with Crippen molar-refractivity contribution in [3.8, 4) is 11.3 Å². The van der Waals surface area contributed by atoms with Crippen LogP contribution in [0.5, 0.6) is 0 Å². The first-order valence-electron chi connectivity index (χ1n) is 13.0. The van der Waals surface area contributed by atoms with E-state index in [0.717, 1.165) is 11.3 Å². The van der Waals surface area contributed by atoms with Crippen molar-refractivity contribution < 1.29 is 14.0 Å². The molecule has 0 unspecified atom stereocenters. The van der Waals surface area contributed by atoms with Crippen LogP contribution >= 0.6 is 34.8 Å². The molecule has 208 valence electrons. The van der Waals surface area contributed by atoms with Gasteiger partial charge in [0.25, 0.3) is 0 Å². The molecule has 9 heteroatoms. The molecule has 5 rings (SSSR count). The van der Waals surface area contributed by atoms with Crippen molar-refractivity contribution in [3.05, 3.63) is 117 Å². The van der Waals surface area contributed by atoms with Crippen LogP contribution in [0.15, 0.2) is 95.4 Å². The second-order valence-electron chi connectivity index (χ2n) is 9.34. The molecular weight excluding hydrogens is 581 g/mol. The van der Waals surface area contributed by atoms with E-state index in [0.29, 0.717) is 64.0 Å². The van der Waals surface area contributed by atoms with Crippen molar-refractivity contribution in [1.82, 2.24) is 4.90 Å². The fourth-order valence-corrected chi connectivity index (χ4v) is 5.07. The Morgan fingerprint density at radius 3 is 2.37 bits per heavy atom. The zero-order valence-corrected chi connectivity index (χ0v) is 24.2. The number of nitrogens with one attached hydrogen (secondary N) is 1. The van der Waals surface area contributed by atoms with Crippen molar-refractivity contribution in [2.75, 3.05) is 36.4 Å². The molecule has 0 radical (unpaired) electrons. The lowest BCUT2D eigenvalue weighted by Gasteiger charge is -2.36. The third kappa shape index (κ3) is 7.22. The van der Waals surface area contributed by atoms with Crippen molar-refractivity contribution in [3.63, 3.8) is 0 Å². The third-order valence-electron chi connectivity index (χ3n) is 6.61. The minimum Gasteiger partial charge on any atom is -0.457 e. The van der Waals surface area contributed by atoms with Crippen LogP contribution in [0.3, 0.4) is 0 Å². The predicted molar refractivity (Wildman–Crippen MR) is 168 cm³/mol. The van der Waals surface area contributed by atoms with Gasteiger partial charge in [-0.05, 0) is 60.2 Å². The lowest BCUT2D eigenvalue weighted by Crippen LogP contribution is -2.48. The summed E-state index contributed by atoms with van der Waals surface area (Å²) in [6.07, 6.45) is 6.40. The maximum Gasteiger partial charge on any atom is 0.248 e. The number of carbonyl (C=O) groups is 2. The van der Waals surface area contributed by atoms with E-state index in [9.17, 15) is 9.59 Å². The minimum absolute atomic E-state index is 0.0259. The molecule has 0 aliphatic carbocycles. The standard InChI is InChI=1S/C32H26Cl3N3O3/c33-23-10-13-28(37-17-19-38(20-18-37)31(40)16-9-22-5-2-1-3-6-22)27(21-23)36-30(39)15-12-24-11-14-29(41-24)25-7-4-8-26(34)32(25)35/h1-16,21H,17-20H2,(H,36,39)/b15-12+,16-9+. The van der Waals surface area contributed by atoms with Gasteiger partial charge in [0, 0.05) is 48.9 Å². The van der Waals surface area contributed by atoms with E-state index in [1.54, 1.807) is 48.6 Å². The van der Waals surface area contributed by atoms with Gasteiger partial charge in [-0.25, -0.2) is 0 Å². The van der Waals surface area contributed by atoms with Gasteiger partial charge in [-0.15, -0.1) is 0 Å². The van der Waals surface area contributed by atoms with E-state index >= 15 is 0 Å². The van der Waals surface area contributed by atoms with Crippen LogP contribution in [0.1, 0.15) is 11.3 Å². The monoisotopic (exact) mass is 605 g/mol. The molecule has 1 aromatic heterocycles. The molecule has 2 amide bonds. The minimum atomic E-state index is -0.341. The van der Waals surface area contributed by atoms with Crippen LogP contribution in [-0.4, -0.2) is 42.9 Å². The summed E-state index contributed by atoms with van der Waals surface area (Å²) in [6, 6.07) is 23.9. The number of rotatable bonds is 7. The number of benzene rings is 3. The number of furan rings is 1. The quantitative estimate of drug-likeness (QED) is 0.217. The highest BCUT2D eigenvalue weighted by atomic mass is 35.5. The number of hydrogen-bond acceptors (Lipinski definition) is 4. The highest BCUT2D eigenvalue weighted by molar-refractivity contribution is 6.43. The SMILES string of the molecule is O=C(/C=C/c1ccc(-c2cccc(Cl)c2Cl)o1)Nc1cc(Cl)ccc1N1CCN(C(=O)/C=C/c2ccccc2)CC1. The van der Waals surface area contributed by atoms with Gasteiger partial charge in [0.05, 0.1) is 21.4 Å². The number of hydrogen-bond donors (Lipinski definition) is 1. The molecule has 1 fully saturated rings. The fourth-order valence-electron chi connectivity index (χ4n) is 4.50. The Kier molecular flexibility index (Phi) is 9.14.